The summed E-state index contributed by atoms with van der Waals surface area (Å²) in [5, 5.41) is 0. The van der Waals surface area contributed by atoms with Crippen molar-refractivity contribution in [3.8, 4) is 0 Å². The molecule has 1 amide bonds. The van der Waals surface area contributed by atoms with Crippen molar-refractivity contribution in [3.63, 3.8) is 0 Å². The van der Waals surface area contributed by atoms with Gasteiger partial charge in [-0.05, 0) is 12.3 Å². The SMILES string of the molecule is CCCCCCCC(C)CCN1CCOC1=O. The highest BCUT2D eigenvalue weighted by Crippen LogP contribution is 2.16. The Balaban J connectivity index is 1.97. The van der Waals surface area contributed by atoms with Crippen molar-refractivity contribution in [2.24, 2.45) is 5.92 Å². The molecule has 0 aromatic heterocycles. The zero-order chi connectivity index (χ0) is 12.5. The van der Waals surface area contributed by atoms with Gasteiger partial charge >= 0.3 is 6.09 Å². The Hall–Kier alpha value is -0.730. The minimum absolute atomic E-state index is 0.125. The lowest BCUT2D eigenvalue weighted by molar-refractivity contribution is 0.157. The Kier molecular flexibility index (Phi) is 7.06. The zero-order valence-electron chi connectivity index (χ0n) is 11.4. The third kappa shape index (κ3) is 5.94. The molecule has 1 saturated heterocycles. The molecule has 100 valence electrons. The molecule has 0 saturated carbocycles. The van der Waals surface area contributed by atoms with Crippen molar-refractivity contribution in [1.82, 2.24) is 4.90 Å². The van der Waals surface area contributed by atoms with Crippen molar-refractivity contribution >= 4 is 6.09 Å². The third-order valence-corrected chi connectivity index (χ3v) is 3.54. The smallest absolute Gasteiger partial charge is 0.409 e. The van der Waals surface area contributed by atoms with Gasteiger partial charge < -0.3 is 9.64 Å². The molecule has 3 heteroatoms. The standard InChI is InChI=1S/C14H27NO2/c1-3-4-5-6-7-8-13(2)9-10-15-11-12-17-14(15)16/h13H,3-12H2,1-2H3. The summed E-state index contributed by atoms with van der Waals surface area (Å²) in [6.45, 7) is 6.76. The summed E-state index contributed by atoms with van der Waals surface area (Å²) in [5.74, 6) is 0.727. The van der Waals surface area contributed by atoms with E-state index in [0.717, 1.165) is 25.4 Å². The molecule has 1 fully saturated rings. The minimum Gasteiger partial charge on any atom is -0.448 e. The fraction of sp³-hybridized carbons (Fsp3) is 0.929. The Morgan fingerprint density at radius 3 is 2.65 bits per heavy atom. The van der Waals surface area contributed by atoms with Gasteiger partial charge in [0.05, 0.1) is 6.54 Å². The quantitative estimate of drug-likeness (QED) is 0.574. The molecule has 1 atom stereocenters. The third-order valence-electron chi connectivity index (χ3n) is 3.54. The second kappa shape index (κ2) is 8.37. The zero-order valence-corrected chi connectivity index (χ0v) is 11.4. The normalized spacial score (nSPS) is 17.3. The molecule has 0 spiro atoms. The first-order chi connectivity index (χ1) is 8.24. The Morgan fingerprint density at radius 2 is 2.00 bits per heavy atom. The summed E-state index contributed by atoms with van der Waals surface area (Å²) < 4.78 is 4.91. The summed E-state index contributed by atoms with van der Waals surface area (Å²) in [4.78, 5) is 13.0. The number of hydrogen-bond acceptors (Lipinski definition) is 2. The lowest BCUT2D eigenvalue weighted by atomic mass is 9.99. The topological polar surface area (TPSA) is 29.5 Å². The van der Waals surface area contributed by atoms with E-state index in [0.29, 0.717) is 6.61 Å². The number of carbonyl (C=O) groups excluding carboxylic acids is 1. The number of rotatable bonds is 9. The van der Waals surface area contributed by atoms with Crippen molar-refractivity contribution in [2.75, 3.05) is 19.7 Å². The van der Waals surface area contributed by atoms with Crippen LogP contribution in [0.25, 0.3) is 0 Å². The number of cyclic esters (lactones) is 1. The summed E-state index contributed by atoms with van der Waals surface area (Å²) in [7, 11) is 0. The largest absolute Gasteiger partial charge is 0.448 e. The van der Waals surface area contributed by atoms with E-state index >= 15 is 0 Å². The summed E-state index contributed by atoms with van der Waals surface area (Å²) in [5.41, 5.74) is 0. The van der Waals surface area contributed by atoms with Gasteiger partial charge in [-0.3, -0.25) is 0 Å². The van der Waals surface area contributed by atoms with E-state index in [2.05, 4.69) is 13.8 Å². The van der Waals surface area contributed by atoms with Crippen molar-refractivity contribution in [3.05, 3.63) is 0 Å². The Bertz CT molecular complexity index is 218. The molecule has 0 aromatic rings. The lowest BCUT2D eigenvalue weighted by Gasteiger charge is -2.16. The predicted molar refractivity (Wildman–Crippen MR) is 70.1 cm³/mol. The molecule has 1 aliphatic rings. The maximum Gasteiger partial charge on any atom is 0.409 e. The van der Waals surface area contributed by atoms with E-state index in [4.69, 9.17) is 4.74 Å². The summed E-state index contributed by atoms with van der Waals surface area (Å²) >= 11 is 0. The van der Waals surface area contributed by atoms with Gasteiger partial charge in [0.1, 0.15) is 6.61 Å². The van der Waals surface area contributed by atoms with Crippen LogP contribution in [0.3, 0.4) is 0 Å². The van der Waals surface area contributed by atoms with Crippen LogP contribution in [-0.2, 0) is 4.74 Å². The van der Waals surface area contributed by atoms with E-state index in [1.165, 1.54) is 38.5 Å². The molecule has 1 heterocycles. The van der Waals surface area contributed by atoms with E-state index in [9.17, 15) is 4.79 Å². The highest BCUT2D eigenvalue weighted by atomic mass is 16.6. The molecule has 1 aliphatic heterocycles. The van der Waals surface area contributed by atoms with Crippen LogP contribution in [0.5, 0.6) is 0 Å². The molecule has 0 N–H and O–H groups in total. The van der Waals surface area contributed by atoms with Crippen LogP contribution in [0.15, 0.2) is 0 Å². The summed E-state index contributed by atoms with van der Waals surface area (Å²) in [6.07, 6.45) is 9.05. The van der Waals surface area contributed by atoms with Crippen LogP contribution in [-0.4, -0.2) is 30.7 Å². The van der Waals surface area contributed by atoms with Gasteiger partial charge in [0.25, 0.3) is 0 Å². The van der Waals surface area contributed by atoms with Gasteiger partial charge in [-0.2, -0.15) is 0 Å². The van der Waals surface area contributed by atoms with Gasteiger partial charge in [-0.15, -0.1) is 0 Å². The van der Waals surface area contributed by atoms with Crippen LogP contribution in [0, 0.1) is 5.92 Å². The second-order valence-corrected chi connectivity index (χ2v) is 5.20. The number of carbonyl (C=O) groups is 1. The van der Waals surface area contributed by atoms with E-state index in [1.807, 2.05) is 4.90 Å². The second-order valence-electron chi connectivity index (χ2n) is 5.20. The van der Waals surface area contributed by atoms with Crippen LogP contribution in [0.2, 0.25) is 0 Å². The van der Waals surface area contributed by atoms with Crippen molar-refractivity contribution in [2.45, 2.75) is 58.8 Å². The molecular weight excluding hydrogens is 214 g/mol. The lowest BCUT2D eigenvalue weighted by Crippen LogP contribution is -2.26. The first kappa shape index (κ1) is 14.3. The molecule has 17 heavy (non-hydrogen) atoms. The van der Waals surface area contributed by atoms with Crippen LogP contribution in [0.1, 0.15) is 58.8 Å². The molecule has 0 bridgehead atoms. The highest BCUT2D eigenvalue weighted by molar-refractivity contribution is 5.69. The molecule has 1 rings (SSSR count). The highest BCUT2D eigenvalue weighted by Gasteiger charge is 2.21. The van der Waals surface area contributed by atoms with Gasteiger partial charge in [0, 0.05) is 6.54 Å². The Labute approximate surface area is 106 Å². The predicted octanol–water partition coefficient (Wildman–Crippen LogP) is 3.83. The molecule has 1 unspecified atom stereocenters. The van der Waals surface area contributed by atoms with E-state index in [1.54, 1.807) is 0 Å². The number of amides is 1. The number of hydrogen-bond donors (Lipinski definition) is 0. The van der Waals surface area contributed by atoms with Gasteiger partial charge in [-0.1, -0.05) is 52.4 Å². The van der Waals surface area contributed by atoms with E-state index in [-0.39, 0.29) is 6.09 Å². The first-order valence-electron chi connectivity index (χ1n) is 7.15. The molecule has 0 aliphatic carbocycles. The number of nitrogens with zero attached hydrogens (tertiary/aromatic N) is 1. The molecule has 3 nitrogen and oxygen atoms in total. The van der Waals surface area contributed by atoms with Gasteiger partial charge in [-0.25, -0.2) is 4.79 Å². The van der Waals surface area contributed by atoms with Crippen LogP contribution >= 0.6 is 0 Å². The average Bonchev–Trinajstić information content (AvgIpc) is 2.72. The van der Waals surface area contributed by atoms with Crippen molar-refractivity contribution in [1.29, 1.82) is 0 Å². The van der Waals surface area contributed by atoms with Gasteiger partial charge in [0.15, 0.2) is 0 Å². The first-order valence-corrected chi connectivity index (χ1v) is 7.15. The molecule has 0 radical (unpaired) electrons. The number of ether oxygens (including phenoxy) is 1. The van der Waals surface area contributed by atoms with Gasteiger partial charge in [0.2, 0.25) is 0 Å². The molecular formula is C14H27NO2. The average molecular weight is 241 g/mol. The van der Waals surface area contributed by atoms with Crippen molar-refractivity contribution < 1.29 is 9.53 Å². The summed E-state index contributed by atoms with van der Waals surface area (Å²) in [6, 6.07) is 0. The van der Waals surface area contributed by atoms with Crippen LogP contribution in [0.4, 0.5) is 4.79 Å². The monoisotopic (exact) mass is 241 g/mol. The van der Waals surface area contributed by atoms with Crippen LogP contribution < -0.4 is 0 Å². The number of unbranched alkanes of at least 4 members (excludes halogenated alkanes) is 4. The fourth-order valence-corrected chi connectivity index (χ4v) is 2.25. The fourth-order valence-electron chi connectivity index (χ4n) is 2.25. The minimum atomic E-state index is -0.125. The molecule has 0 aromatic carbocycles. The van der Waals surface area contributed by atoms with E-state index < -0.39 is 0 Å². The maximum atomic E-state index is 11.2. The Morgan fingerprint density at radius 1 is 1.24 bits per heavy atom. The maximum absolute atomic E-state index is 11.2.